The van der Waals surface area contributed by atoms with E-state index in [0.717, 1.165) is 57.2 Å². The molecule has 172 valence electrons. The van der Waals surface area contributed by atoms with Gasteiger partial charge in [0.2, 0.25) is 0 Å². The predicted octanol–water partition coefficient (Wildman–Crippen LogP) is 3.35. The van der Waals surface area contributed by atoms with Crippen LogP contribution in [0.25, 0.3) is 0 Å². The topological polar surface area (TPSA) is 65.1 Å². The van der Waals surface area contributed by atoms with E-state index in [1.54, 1.807) is 7.11 Å². The second-order valence-corrected chi connectivity index (χ2v) is 10.6. The number of piperidine rings is 1. The standard InChI is InChI=1S/C25H37NO5/c1-5-25(29-4)10-9-23(15-31-25)16-7-8-17-20(27)11-18-19(22(28)30-6-2)12-24(23,21(17)18)14-26(3)13-16/h16,18-19H,5-15H2,1-4H3/t16-,18+,19+,23+,24-,25+/m0/s1. The zero-order chi connectivity index (χ0) is 22.0. The van der Waals surface area contributed by atoms with E-state index in [-0.39, 0.29) is 34.4 Å². The highest BCUT2D eigenvalue weighted by Crippen LogP contribution is 2.71. The Kier molecular flexibility index (Phi) is 5.15. The molecule has 2 aliphatic heterocycles. The Morgan fingerprint density at radius 3 is 2.74 bits per heavy atom. The number of Topliss-reactive ketones (excluding diaryl/α,β-unsaturated/α-hetero) is 1. The fraction of sp³-hybridized carbons (Fsp3) is 0.840. The molecular formula is C25H37NO5. The first-order valence-electron chi connectivity index (χ1n) is 12.2. The van der Waals surface area contributed by atoms with E-state index < -0.39 is 5.79 Å². The van der Waals surface area contributed by atoms with Crippen molar-refractivity contribution in [3.05, 3.63) is 11.1 Å². The number of ether oxygens (including phenoxy) is 3. The summed E-state index contributed by atoms with van der Waals surface area (Å²) in [6, 6.07) is 0. The lowest BCUT2D eigenvalue weighted by atomic mass is 9.50. The first-order valence-corrected chi connectivity index (χ1v) is 12.2. The summed E-state index contributed by atoms with van der Waals surface area (Å²) in [5, 5.41) is 0. The van der Waals surface area contributed by atoms with Crippen LogP contribution in [-0.4, -0.2) is 62.9 Å². The molecule has 0 aromatic carbocycles. The number of hydrogen-bond acceptors (Lipinski definition) is 6. The maximum atomic E-state index is 13.1. The van der Waals surface area contributed by atoms with Crippen LogP contribution in [0.3, 0.4) is 0 Å². The summed E-state index contributed by atoms with van der Waals surface area (Å²) in [4.78, 5) is 28.6. The fourth-order valence-electron chi connectivity index (χ4n) is 8.22. The quantitative estimate of drug-likeness (QED) is 0.636. The Labute approximate surface area is 185 Å². The zero-order valence-electron chi connectivity index (χ0n) is 19.5. The molecule has 6 heteroatoms. The number of allylic oxidation sites excluding steroid dienone is 1. The van der Waals surface area contributed by atoms with Crippen molar-refractivity contribution in [2.24, 2.45) is 28.6 Å². The van der Waals surface area contributed by atoms with Gasteiger partial charge in [-0.1, -0.05) is 12.5 Å². The third-order valence-electron chi connectivity index (χ3n) is 9.60. The minimum absolute atomic E-state index is 0.0176. The molecule has 1 saturated carbocycles. The number of rotatable bonds is 4. The van der Waals surface area contributed by atoms with Crippen molar-refractivity contribution in [3.8, 4) is 0 Å². The van der Waals surface area contributed by atoms with Gasteiger partial charge in [-0.2, -0.15) is 0 Å². The zero-order valence-corrected chi connectivity index (χ0v) is 19.5. The Hall–Kier alpha value is -1.24. The summed E-state index contributed by atoms with van der Waals surface area (Å²) < 4.78 is 17.9. The first-order chi connectivity index (χ1) is 14.9. The lowest BCUT2D eigenvalue weighted by Crippen LogP contribution is -2.64. The monoisotopic (exact) mass is 431 g/mol. The lowest BCUT2D eigenvalue weighted by molar-refractivity contribution is -0.295. The molecule has 2 spiro atoms. The second-order valence-electron chi connectivity index (χ2n) is 10.6. The molecule has 0 aromatic rings. The Morgan fingerprint density at radius 1 is 1.29 bits per heavy atom. The summed E-state index contributed by atoms with van der Waals surface area (Å²) >= 11 is 0. The highest BCUT2D eigenvalue weighted by atomic mass is 16.7. The van der Waals surface area contributed by atoms with Gasteiger partial charge in [0.05, 0.1) is 19.1 Å². The SMILES string of the molecule is CCOC(=O)[C@@H]1C[C@]23CN(C)C[C@H](CCC4=C2[C@@H]1CC4=O)[C@]31CC[C@](CC)(OC)OC1. The van der Waals surface area contributed by atoms with Gasteiger partial charge in [-0.05, 0) is 57.6 Å². The van der Waals surface area contributed by atoms with Gasteiger partial charge in [-0.25, -0.2) is 0 Å². The molecule has 3 aliphatic carbocycles. The smallest absolute Gasteiger partial charge is 0.309 e. The molecule has 5 aliphatic rings. The third-order valence-corrected chi connectivity index (χ3v) is 9.60. The minimum atomic E-state index is -0.504. The van der Waals surface area contributed by atoms with Crippen LogP contribution in [0.5, 0.6) is 0 Å². The minimum Gasteiger partial charge on any atom is -0.466 e. The van der Waals surface area contributed by atoms with E-state index in [4.69, 9.17) is 14.2 Å². The van der Waals surface area contributed by atoms with Gasteiger partial charge in [-0.3, -0.25) is 9.59 Å². The third kappa shape index (κ3) is 2.80. The maximum Gasteiger partial charge on any atom is 0.309 e. The van der Waals surface area contributed by atoms with E-state index in [2.05, 4.69) is 18.9 Å². The van der Waals surface area contributed by atoms with Crippen molar-refractivity contribution in [1.29, 1.82) is 0 Å². The van der Waals surface area contributed by atoms with Gasteiger partial charge in [-0.15, -0.1) is 0 Å². The molecule has 31 heavy (non-hydrogen) atoms. The number of esters is 1. The van der Waals surface area contributed by atoms with E-state index >= 15 is 0 Å². The molecule has 2 saturated heterocycles. The number of methoxy groups -OCH3 is 1. The van der Waals surface area contributed by atoms with E-state index in [1.165, 1.54) is 5.57 Å². The van der Waals surface area contributed by atoms with Crippen LogP contribution in [0, 0.1) is 28.6 Å². The van der Waals surface area contributed by atoms with Crippen molar-refractivity contribution in [2.75, 3.05) is 40.5 Å². The summed E-state index contributed by atoms with van der Waals surface area (Å²) in [7, 11) is 3.95. The van der Waals surface area contributed by atoms with Gasteiger partial charge in [0.25, 0.3) is 0 Å². The largest absolute Gasteiger partial charge is 0.466 e. The molecule has 5 rings (SSSR count). The number of hydrogen-bond donors (Lipinski definition) is 0. The molecule has 6 nitrogen and oxygen atoms in total. The van der Waals surface area contributed by atoms with Gasteiger partial charge in [0, 0.05) is 49.8 Å². The summed E-state index contributed by atoms with van der Waals surface area (Å²) in [5.74, 6) is -0.0840. The summed E-state index contributed by atoms with van der Waals surface area (Å²) in [6.45, 7) is 6.96. The Balaban J connectivity index is 1.63. The molecule has 0 aromatic heterocycles. The van der Waals surface area contributed by atoms with Crippen molar-refractivity contribution in [3.63, 3.8) is 0 Å². The van der Waals surface area contributed by atoms with E-state index in [1.807, 2.05) is 6.92 Å². The number of nitrogens with zero attached hydrogens (tertiary/aromatic N) is 1. The van der Waals surface area contributed by atoms with E-state index in [0.29, 0.717) is 25.6 Å². The van der Waals surface area contributed by atoms with Crippen molar-refractivity contribution in [1.82, 2.24) is 4.90 Å². The molecule has 0 unspecified atom stereocenters. The fourth-order valence-corrected chi connectivity index (χ4v) is 8.22. The molecule has 0 radical (unpaired) electrons. The van der Waals surface area contributed by atoms with Crippen LogP contribution in [0.4, 0.5) is 0 Å². The summed E-state index contributed by atoms with van der Waals surface area (Å²) in [5.41, 5.74) is 2.14. The average molecular weight is 432 g/mol. The summed E-state index contributed by atoms with van der Waals surface area (Å²) in [6.07, 6.45) is 5.89. The molecule has 2 heterocycles. The van der Waals surface area contributed by atoms with Gasteiger partial charge >= 0.3 is 5.97 Å². The average Bonchev–Trinajstić information content (AvgIpc) is 3.23. The predicted molar refractivity (Wildman–Crippen MR) is 115 cm³/mol. The van der Waals surface area contributed by atoms with Crippen LogP contribution in [0.2, 0.25) is 0 Å². The molecule has 6 atom stereocenters. The molecule has 2 bridgehead atoms. The second kappa shape index (κ2) is 7.39. The van der Waals surface area contributed by atoms with E-state index in [9.17, 15) is 9.59 Å². The molecular weight excluding hydrogens is 394 g/mol. The normalized spacial score (nSPS) is 44.5. The Bertz CT molecular complexity index is 805. The van der Waals surface area contributed by atoms with Gasteiger partial charge < -0.3 is 19.1 Å². The Morgan fingerprint density at radius 2 is 2.10 bits per heavy atom. The lowest BCUT2D eigenvalue weighted by Gasteiger charge is -2.62. The van der Waals surface area contributed by atoms with Gasteiger partial charge in [0.15, 0.2) is 11.6 Å². The maximum absolute atomic E-state index is 13.1. The van der Waals surface area contributed by atoms with Crippen LogP contribution in [0.1, 0.15) is 58.8 Å². The number of ketones is 1. The number of carbonyl (C=O) groups is 2. The van der Waals surface area contributed by atoms with Gasteiger partial charge in [0.1, 0.15) is 0 Å². The molecule has 3 fully saturated rings. The molecule has 0 N–H and O–H groups in total. The van der Waals surface area contributed by atoms with Crippen molar-refractivity contribution < 1.29 is 23.8 Å². The van der Waals surface area contributed by atoms with Crippen molar-refractivity contribution in [2.45, 2.75) is 64.6 Å². The number of likely N-dealkylation sites (tertiary alicyclic amines) is 1. The highest BCUT2D eigenvalue weighted by molar-refractivity contribution is 6.01. The van der Waals surface area contributed by atoms with Crippen LogP contribution in [-0.2, 0) is 23.8 Å². The van der Waals surface area contributed by atoms with Crippen LogP contribution in [0.15, 0.2) is 11.1 Å². The van der Waals surface area contributed by atoms with Crippen LogP contribution < -0.4 is 0 Å². The van der Waals surface area contributed by atoms with Crippen molar-refractivity contribution >= 4 is 11.8 Å². The first kappa shape index (κ1) is 21.6. The van der Waals surface area contributed by atoms with Crippen LogP contribution >= 0.6 is 0 Å². The number of carbonyl (C=O) groups excluding carboxylic acids is 2. The molecule has 0 amide bonds. The highest BCUT2D eigenvalue weighted by Gasteiger charge is 2.70.